The average molecular weight is 326 g/mol. The molecule has 124 valence electrons. The lowest BCUT2D eigenvalue weighted by atomic mass is 9.92. The average Bonchev–Trinajstić information content (AvgIpc) is 3.18. The van der Waals surface area contributed by atoms with Crippen LogP contribution in [-0.4, -0.2) is 40.0 Å². The first-order valence-electron chi connectivity index (χ1n) is 8.25. The molecule has 2 bridgehead atoms. The van der Waals surface area contributed by atoms with Crippen LogP contribution in [0.25, 0.3) is 0 Å². The van der Waals surface area contributed by atoms with Gasteiger partial charge in [0.15, 0.2) is 5.92 Å². The topological polar surface area (TPSA) is 91.7 Å². The fourth-order valence-corrected chi connectivity index (χ4v) is 4.17. The third-order valence-corrected chi connectivity index (χ3v) is 5.29. The maximum absolute atomic E-state index is 12.8. The van der Waals surface area contributed by atoms with Gasteiger partial charge in [-0.1, -0.05) is 6.42 Å². The van der Waals surface area contributed by atoms with Crippen molar-refractivity contribution in [1.82, 2.24) is 15.2 Å². The van der Waals surface area contributed by atoms with Crippen LogP contribution >= 0.6 is 0 Å². The number of nitrogens with one attached hydrogen (secondary N) is 1. The zero-order chi connectivity index (χ0) is 16.7. The number of amides is 4. The molecule has 4 atom stereocenters. The van der Waals surface area contributed by atoms with Gasteiger partial charge in [0.2, 0.25) is 11.8 Å². The number of pyridine rings is 1. The summed E-state index contributed by atoms with van der Waals surface area (Å²) in [6.45, 7) is 0. The number of carbonyl (C=O) groups excluding carboxylic acids is 3. The van der Waals surface area contributed by atoms with E-state index in [0.717, 1.165) is 19.3 Å². The molecule has 2 heterocycles. The minimum absolute atomic E-state index is 0.0846. The summed E-state index contributed by atoms with van der Waals surface area (Å²) in [6.07, 6.45) is 8.62. The van der Waals surface area contributed by atoms with Crippen LogP contribution in [0.4, 0.5) is 10.5 Å². The number of rotatable bonds is 3. The van der Waals surface area contributed by atoms with Gasteiger partial charge in [0.1, 0.15) is 0 Å². The van der Waals surface area contributed by atoms with Crippen LogP contribution in [0.5, 0.6) is 0 Å². The van der Waals surface area contributed by atoms with Crippen molar-refractivity contribution in [3.8, 4) is 0 Å². The van der Waals surface area contributed by atoms with Crippen LogP contribution in [0.1, 0.15) is 25.7 Å². The number of imide groups is 2. The number of carbonyl (C=O) groups is 3. The number of aromatic nitrogens is 1. The van der Waals surface area contributed by atoms with Crippen molar-refractivity contribution in [2.75, 3.05) is 0 Å². The fourth-order valence-electron chi connectivity index (χ4n) is 4.17. The van der Waals surface area contributed by atoms with E-state index in [1.165, 1.54) is 17.5 Å². The SMILES string of the molecule is O=C1NC(=O)N([C@@H]2C[C@H]3CC[C@H]2C3)C(=O)[C@@H]1C=Nc1cccnc1. The molecule has 3 fully saturated rings. The quantitative estimate of drug-likeness (QED) is 0.675. The Kier molecular flexibility index (Phi) is 3.63. The predicted octanol–water partition coefficient (Wildman–Crippen LogP) is 1.67. The monoisotopic (exact) mass is 326 g/mol. The van der Waals surface area contributed by atoms with Crippen LogP contribution in [0.3, 0.4) is 0 Å². The lowest BCUT2D eigenvalue weighted by Crippen LogP contribution is -2.62. The van der Waals surface area contributed by atoms with Gasteiger partial charge in [-0.15, -0.1) is 0 Å². The zero-order valence-corrected chi connectivity index (χ0v) is 13.1. The molecule has 4 amide bonds. The Morgan fingerprint density at radius 1 is 1.25 bits per heavy atom. The molecule has 0 radical (unpaired) electrons. The van der Waals surface area contributed by atoms with E-state index in [2.05, 4.69) is 15.3 Å². The van der Waals surface area contributed by atoms with Crippen LogP contribution < -0.4 is 5.32 Å². The lowest BCUT2D eigenvalue weighted by molar-refractivity contribution is -0.141. The van der Waals surface area contributed by atoms with Crippen LogP contribution in [-0.2, 0) is 9.59 Å². The first-order valence-corrected chi connectivity index (χ1v) is 8.25. The van der Waals surface area contributed by atoms with Crippen molar-refractivity contribution in [3.05, 3.63) is 24.5 Å². The molecule has 2 saturated carbocycles. The molecule has 3 aliphatic rings. The molecule has 7 nitrogen and oxygen atoms in total. The maximum Gasteiger partial charge on any atom is 0.331 e. The molecule has 1 aromatic rings. The Hall–Kier alpha value is -2.57. The highest BCUT2D eigenvalue weighted by atomic mass is 16.2. The van der Waals surface area contributed by atoms with Gasteiger partial charge in [-0.2, -0.15) is 0 Å². The maximum atomic E-state index is 12.8. The lowest BCUT2D eigenvalue weighted by Gasteiger charge is -2.36. The van der Waals surface area contributed by atoms with Gasteiger partial charge in [-0.3, -0.25) is 29.8 Å². The Morgan fingerprint density at radius 2 is 2.12 bits per heavy atom. The molecule has 1 aromatic heterocycles. The zero-order valence-electron chi connectivity index (χ0n) is 13.1. The van der Waals surface area contributed by atoms with Crippen molar-refractivity contribution in [3.63, 3.8) is 0 Å². The highest BCUT2D eigenvalue weighted by molar-refractivity contribution is 6.23. The summed E-state index contributed by atoms with van der Waals surface area (Å²) in [5.41, 5.74) is 0.557. The molecule has 4 rings (SSSR count). The first kappa shape index (κ1) is 15.0. The summed E-state index contributed by atoms with van der Waals surface area (Å²) in [6, 6.07) is 2.78. The predicted molar refractivity (Wildman–Crippen MR) is 85.5 cm³/mol. The molecule has 24 heavy (non-hydrogen) atoms. The van der Waals surface area contributed by atoms with Gasteiger partial charge < -0.3 is 0 Å². The Morgan fingerprint density at radius 3 is 2.79 bits per heavy atom. The van der Waals surface area contributed by atoms with Crippen LogP contribution in [0, 0.1) is 17.8 Å². The van der Waals surface area contributed by atoms with E-state index in [-0.39, 0.29) is 6.04 Å². The van der Waals surface area contributed by atoms with E-state index in [1.54, 1.807) is 24.5 Å². The molecular formula is C17H18N4O3. The Balaban J connectivity index is 1.56. The van der Waals surface area contributed by atoms with Crippen LogP contribution in [0.2, 0.25) is 0 Å². The molecule has 1 aliphatic heterocycles. The third kappa shape index (κ3) is 2.50. The minimum Gasteiger partial charge on any atom is -0.277 e. The van der Waals surface area contributed by atoms with E-state index in [9.17, 15) is 14.4 Å². The number of fused-ring (bicyclic) bond motifs is 2. The standard InChI is InChI=1S/C17H18N4O3/c22-15-13(9-19-12-2-1-5-18-8-12)16(23)21(17(24)20-15)14-7-10-3-4-11(14)6-10/h1-2,5,8-11,13-14H,3-4,6-7H2,(H,20,22,24)/t10-,11-,13+,14+/m0/s1. The van der Waals surface area contributed by atoms with E-state index >= 15 is 0 Å². The molecule has 2 aliphatic carbocycles. The van der Waals surface area contributed by atoms with Crippen molar-refractivity contribution >= 4 is 29.7 Å². The molecule has 1 N–H and O–H groups in total. The molecule has 0 unspecified atom stereocenters. The van der Waals surface area contributed by atoms with E-state index in [0.29, 0.717) is 17.5 Å². The Bertz CT molecular complexity index is 718. The summed E-state index contributed by atoms with van der Waals surface area (Å²) in [4.78, 5) is 46.4. The van der Waals surface area contributed by atoms with E-state index in [4.69, 9.17) is 0 Å². The number of hydrogen-bond donors (Lipinski definition) is 1. The van der Waals surface area contributed by atoms with Crippen LogP contribution in [0.15, 0.2) is 29.5 Å². The molecular weight excluding hydrogens is 308 g/mol. The third-order valence-electron chi connectivity index (χ3n) is 5.29. The van der Waals surface area contributed by atoms with Crippen molar-refractivity contribution in [1.29, 1.82) is 0 Å². The van der Waals surface area contributed by atoms with Gasteiger partial charge in [0.25, 0.3) is 0 Å². The highest BCUT2D eigenvalue weighted by Crippen LogP contribution is 2.47. The number of urea groups is 1. The summed E-state index contributed by atoms with van der Waals surface area (Å²) < 4.78 is 0. The Labute approximate surface area is 139 Å². The molecule has 7 heteroatoms. The van der Waals surface area contributed by atoms with Gasteiger partial charge >= 0.3 is 6.03 Å². The second kappa shape index (κ2) is 5.81. The first-order chi connectivity index (χ1) is 11.6. The molecule has 0 spiro atoms. The number of nitrogens with zero attached hydrogens (tertiary/aromatic N) is 3. The van der Waals surface area contributed by atoms with Crippen molar-refractivity contribution in [2.45, 2.75) is 31.7 Å². The normalized spacial score (nSPS) is 32.7. The summed E-state index contributed by atoms with van der Waals surface area (Å²) in [7, 11) is 0. The minimum atomic E-state index is -1.07. The van der Waals surface area contributed by atoms with Crippen molar-refractivity contribution < 1.29 is 14.4 Å². The second-order valence-electron chi connectivity index (χ2n) is 6.71. The number of barbiturate groups is 1. The van der Waals surface area contributed by atoms with Gasteiger partial charge in [-0.05, 0) is 43.2 Å². The molecule has 1 saturated heterocycles. The summed E-state index contributed by atoms with van der Waals surface area (Å²) in [5.74, 6) is -1.18. The summed E-state index contributed by atoms with van der Waals surface area (Å²) >= 11 is 0. The van der Waals surface area contributed by atoms with E-state index in [1.807, 2.05) is 0 Å². The smallest absolute Gasteiger partial charge is 0.277 e. The summed E-state index contributed by atoms with van der Waals surface area (Å²) in [5, 5.41) is 2.30. The fraction of sp³-hybridized carbons (Fsp3) is 0.471. The highest BCUT2D eigenvalue weighted by Gasteiger charge is 2.50. The molecule has 0 aromatic carbocycles. The van der Waals surface area contributed by atoms with Gasteiger partial charge in [0, 0.05) is 18.5 Å². The van der Waals surface area contributed by atoms with Crippen molar-refractivity contribution in [2.24, 2.45) is 22.7 Å². The number of hydrogen-bond acceptors (Lipinski definition) is 5. The van der Waals surface area contributed by atoms with E-state index < -0.39 is 23.8 Å². The van der Waals surface area contributed by atoms with Gasteiger partial charge in [-0.25, -0.2) is 4.79 Å². The van der Waals surface area contributed by atoms with Gasteiger partial charge in [0.05, 0.1) is 11.9 Å². The number of aliphatic imine (C=N–C) groups is 1. The second-order valence-corrected chi connectivity index (χ2v) is 6.71. The largest absolute Gasteiger partial charge is 0.331 e.